The van der Waals surface area contributed by atoms with E-state index in [2.05, 4.69) is 264 Å². The molecule has 0 bridgehead atoms. The lowest BCUT2D eigenvalue weighted by Gasteiger charge is -2.34. The molecule has 0 amide bonds. The van der Waals surface area contributed by atoms with Crippen LogP contribution in [0.2, 0.25) is 0 Å². The molecule has 0 unspecified atom stereocenters. The van der Waals surface area contributed by atoms with Crippen molar-refractivity contribution in [2.75, 3.05) is 4.90 Å². The third kappa shape index (κ3) is 6.08. The summed E-state index contributed by atoms with van der Waals surface area (Å²) < 4.78 is 2.46. The summed E-state index contributed by atoms with van der Waals surface area (Å²) in [6, 6.07) is 94.1. The van der Waals surface area contributed by atoms with Gasteiger partial charge in [-0.1, -0.05) is 200 Å². The molecule has 12 aromatic rings. The maximum Gasteiger partial charge on any atom is 0.179 e. The monoisotopic (exact) mass is 818 g/mol. The van der Waals surface area contributed by atoms with Crippen LogP contribution in [0.25, 0.3) is 60.2 Å². The molecule has 0 aliphatic carbocycles. The van der Waals surface area contributed by atoms with Gasteiger partial charge in [0, 0.05) is 33.5 Å². The summed E-state index contributed by atoms with van der Waals surface area (Å²) in [4.78, 5) is 2.40. The lowest BCUT2D eigenvalue weighted by molar-refractivity contribution is 1.18. The molecule has 0 radical (unpaired) electrons. The summed E-state index contributed by atoms with van der Waals surface area (Å²) in [7, 11) is -2.61. The van der Waals surface area contributed by atoms with Crippen LogP contribution in [0.15, 0.2) is 255 Å². The van der Waals surface area contributed by atoms with Crippen molar-refractivity contribution in [3.8, 4) is 16.8 Å². The van der Waals surface area contributed by atoms with Gasteiger partial charge in [-0.2, -0.15) is 0 Å². The second kappa shape index (κ2) is 15.2. The number of benzene rings is 11. The zero-order valence-electron chi connectivity index (χ0n) is 34.6. The molecule has 0 atom stereocenters. The minimum atomic E-state index is -2.61. The van der Waals surface area contributed by atoms with Crippen LogP contribution in [0.1, 0.15) is 0 Å². The Hall–Kier alpha value is -7.98. The van der Waals surface area contributed by atoms with Gasteiger partial charge in [0.2, 0.25) is 0 Å². The molecule has 0 saturated carbocycles. The van der Waals surface area contributed by atoms with E-state index in [9.17, 15) is 0 Å². The number of fused-ring (bicyclic) bond motifs is 1. The first kappa shape index (κ1) is 36.8. The second-order valence-corrected chi connectivity index (χ2v) is 20.3. The van der Waals surface area contributed by atoms with Crippen LogP contribution >= 0.6 is 0 Å². The fourth-order valence-electron chi connectivity index (χ4n) is 10.2. The first-order valence-corrected chi connectivity index (χ1v) is 23.8. The zero-order chi connectivity index (χ0) is 41.7. The topological polar surface area (TPSA) is 8.17 Å². The Balaban J connectivity index is 0.974. The number of hydrogen-bond acceptors (Lipinski definition) is 1. The molecular weight excluding hydrogens is 777 g/mol. The number of anilines is 3. The van der Waals surface area contributed by atoms with Crippen molar-refractivity contribution in [3.05, 3.63) is 255 Å². The molecule has 11 aromatic carbocycles. The smallest absolute Gasteiger partial charge is 0.179 e. The van der Waals surface area contributed by atoms with Gasteiger partial charge in [-0.15, -0.1) is 0 Å². The highest BCUT2D eigenvalue weighted by molar-refractivity contribution is 7.19. The molecule has 0 fully saturated rings. The molecular formula is C60H42N2Si. The van der Waals surface area contributed by atoms with Crippen LogP contribution in [0.3, 0.4) is 0 Å². The summed E-state index contributed by atoms with van der Waals surface area (Å²) in [5.41, 5.74) is 9.28. The van der Waals surface area contributed by atoms with Crippen LogP contribution < -0.4 is 25.6 Å². The molecule has 0 spiro atoms. The minimum Gasteiger partial charge on any atom is -0.310 e. The predicted octanol–water partition coefficient (Wildman–Crippen LogP) is 13.0. The number of nitrogens with zero attached hydrogens (tertiary/aromatic N) is 2. The Bertz CT molecular complexity index is 3430. The average molecular weight is 819 g/mol. The van der Waals surface area contributed by atoms with Crippen LogP contribution in [0.4, 0.5) is 17.1 Å². The largest absolute Gasteiger partial charge is 0.310 e. The van der Waals surface area contributed by atoms with E-state index in [0.29, 0.717) is 0 Å². The van der Waals surface area contributed by atoms with Crippen molar-refractivity contribution in [3.63, 3.8) is 0 Å². The normalized spacial score (nSPS) is 11.8. The van der Waals surface area contributed by atoms with Gasteiger partial charge in [-0.05, 0) is 108 Å². The van der Waals surface area contributed by atoms with Crippen molar-refractivity contribution >= 4 is 89.2 Å². The summed E-state index contributed by atoms with van der Waals surface area (Å²) in [5, 5.41) is 13.1. The molecule has 296 valence electrons. The van der Waals surface area contributed by atoms with Gasteiger partial charge < -0.3 is 9.47 Å². The van der Waals surface area contributed by atoms with Gasteiger partial charge in [-0.3, -0.25) is 0 Å². The van der Waals surface area contributed by atoms with E-state index in [1.807, 2.05) is 0 Å². The summed E-state index contributed by atoms with van der Waals surface area (Å²) in [5.74, 6) is 0. The van der Waals surface area contributed by atoms with Gasteiger partial charge >= 0.3 is 0 Å². The highest BCUT2D eigenvalue weighted by atomic mass is 28.3. The fourth-order valence-corrected chi connectivity index (χ4v) is 14.9. The number of para-hydroxylation sites is 1. The van der Waals surface area contributed by atoms with Gasteiger partial charge in [-0.25, -0.2) is 0 Å². The van der Waals surface area contributed by atoms with Crippen molar-refractivity contribution in [1.82, 2.24) is 4.57 Å². The Morgan fingerprint density at radius 1 is 0.286 bits per heavy atom. The van der Waals surface area contributed by atoms with Gasteiger partial charge in [0.1, 0.15) is 0 Å². The minimum absolute atomic E-state index is 1.10. The number of hydrogen-bond donors (Lipinski definition) is 0. The predicted molar refractivity (Wildman–Crippen MR) is 271 cm³/mol. The highest BCUT2D eigenvalue weighted by Crippen LogP contribution is 2.44. The molecule has 3 heteroatoms. The van der Waals surface area contributed by atoms with E-state index in [4.69, 9.17) is 0 Å². The van der Waals surface area contributed by atoms with Crippen molar-refractivity contribution < 1.29 is 0 Å². The number of aromatic nitrogens is 1. The molecule has 0 saturated heterocycles. The fraction of sp³-hybridized carbons (Fsp3) is 0. The quantitative estimate of drug-likeness (QED) is 0.0800. The van der Waals surface area contributed by atoms with Crippen molar-refractivity contribution in [2.24, 2.45) is 0 Å². The van der Waals surface area contributed by atoms with Crippen LogP contribution in [0, 0.1) is 0 Å². The van der Waals surface area contributed by atoms with Crippen molar-refractivity contribution in [1.29, 1.82) is 0 Å². The molecule has 2 nitrogen and oxygen atoms in total. The highest BCUT2D eigenvalue weighted by Gasteiger charge is 2.41. The van der Waals surface area contributed by atoms with E-state index in [1.165, 1.54) is 75.2 Å². The second-order valence-electron chi connectivity index (χ2n) is 16.5. The van der Waals surface area contributed by atoms with E-state index in [0.717, 1.165) is 22.7 Å². The van der Waals surface area contributed by atoms with E-state index in [1.54, 1.807) is 0 Å². The molecule has 0 aliphatic heterocycles. The lowest BCUT2D eigenvalue weighted by atomic mass is 10.0. The Morgan fingerprint density at radius 2 is 0.762 bits per heavy atom. The lowest BCUT2D eigenvalue weighted by Crippen LogP contribution is -2.74. The Labute approximate surface area is 368 Å². The van der Waals surface area contributed by atoms with Crippen molar-refractivity contribution in [2.45, 2.75) is 0 Å². The van der Waals surface area contributed by atoms with Crippen LogP contribution in [-0.2, 0) is 0 Å². The van der Waals surface area contributed by atoms with E-state index >= 15 is 0 Å². The average Bonchev–Trinajstić information content (AvgIpc) is 3.70. The molecule has 63 heavy (non-hydrogen) atoms. The van der Waals surface area contributed by atoms with Gasteiger partial charge in [0.15, 0.2) is 8.07 Å². The molecule has 1 heterocycles. The SMILES string of the molecule is c1ccc(N(c2ccc(-c3ccc([Si](c4ccccc4)(c4ccccc4)c4ccccc4)cc3)cc2)c2cc3ccc4cccc5c4c3c(c2)n5-c2ccc3ccccc3c2)cc1. The third-order valence-corrected chi connectivity index (χ3v) is 17.8. The number of rotatable bonds is 9. The molecule has 1 aromatic heterocycles. The summed E-state index contributed by atoms with van der Waals surface area (Å²) >= 11 is 0. The van der Waals surface area contributed by atoms with E-state index < -0.39 is 8.07 Å². The molecule has 12 rings (SSSR count). The third-order valence-electron chi connectivity index (χ3n) is 13.0. The van der Waals surface area contributed by atoms with E-state index in [-0.39, 0.29) is 0 Å². The summed E-state index contributed by atoms with van der Waals surface area (Å²) in [6.45, 7) is 0. The maximum atomic E-state index is 2.46. The van der Waals surface area contributed by atoms with Gasteiger partial charge in [0.05, 0.1) is 11.0 Å². The van der Waals surface area contributed by atoms with Crippen LogP contribution in [-0.4, -0.2) is 12.6 Å². The first-order valence-electron chi connectivity index (χ1n) is 21.8. The molecule has 0 aliphatic rings. The maximum absolute atomic E-state index is 2.61. The van der Waals surface area contributed by atoms with Crippen LogP contribution in [0.5, 0.6) is 0 Å². The Kier molecular flexibility index (Phi) is 8.87. The molecule has 0 N–H and O–H groups in total. The van der Waals surface area contributed by atoms with Gasteiger partial charge in [0.25, 0.3) is 0 Å². The zero-order valence-corrected chi connectivity index (χ0v) is 35.6. The first-order chi connectivity index (χ1) is 31.2. The Morgan fingerprint density at radius 3 is 1.40 bits per heavy atom. The summed E-state index contributed by atoms with van der Waals surface area (Å²) in [6.07, 6.45) is 0. The standard InChI is InChI=1S/C60H42N2Si/c1-5-19-49(20-6-1)61(52-41-48-29-28-46-18-15-27-57-59(46)60(48)58(42-52)62(57)51-37-32-43-16-13-14-17-47(43)40-51)50-35-30-44(31-36-50)45-33-38-56(39-34-45)63(53-21-7-2-8-22-53,54-23-9-3-10-24-54)55-25-11-4-12-26-55/h1-42H.